The largest absolute Gasteiger partial charge is 0.493 e. The maximum Gasteiger partial charge on any atom is 0.225 e. The smallest absolute Gasteiger partial charge is 0.225 e. The molecule has 0 aliphatic carbocycles. The van der Waals surface area contributed by atoms with E-state index in [1.807, 2.05) is 24.3 Å². The first kappa shape index (κ1) is 20.6. The third-order valence-electron chi connectivity index (χ3n) is 5.50. The normalized spacial score (nSPS) is 13.9. The highest BCUT2D eigenvalue weighted by molar-refractivity contribution is 5.86. The summed E-state index contributed by atoms with van der Waals surface area (Å²) in [6.07, 6.45) is 5.17. The van der Waals surface area contributed by atoms with Crippen molar-refractivity contribution < 1.29 is 9.47 Å². The second-order valence-electron chi connectivity index (χ2n) is 7.43. The highest BCUT2D eigenvalue weighted by Gasteiger charge is 2.23. The van der Waals surface area contributed by atoms with Crippen molar-refractivity contribution in [3.05, 3.63) is 42.9 Å². The van der Waals surface area contributed by atoms with Gasteiger partial charge in [0.25, 0.3) is 0 Å². The molecule has 4 heterocycles. The number of aromatic nitrogens is 6. The van der Waals surface area contributed by atoms with Crippen LogP contribution in [-0.2, 0) is 0 Å². The standard InChI is InChI=1S/C22H23N9O2/c1-32-16-5-4-14(12-17(16)33-2)15-13-26-19-18(27-15)20(29-21(23)28-19)30-8-10-31(11-9-30)22-24-6-3-7-25-22/h3-7,12-13H,8-11H2,1-2H3,(H2,23,26,28,29). The molecule has 168 valence electrons. The van der Waals surface area contributed by atoms with E-state index >= 15 is 0 Å². The lowest BCUT2D eigenvalue weighted by atomic mass is 10.1. The van der Waals surface area contributed by atoms with E-state index in [0.29, 0.717) is 47.3 Å². The third-order valence-corrected chi connectivity index (χ3v) is 5.50. The molecule has 11 nitrogen and oxygen atoms in total. The van der Waals surface area contributed by atoms with Gasteiger partial charge in [-0.05, 0) is 24.3 Å². The van der Waals surface area contributed by atoms with Crippen LogP contribution in [0, 0.1) is 0 Å². The number of nitrogens with two attached hydrogens (primary N) is 1. The molecule has 33 heavy (non-hydrogen) atoms. The number of anilines is 3. The molecule has 0 spiro atoms. The molecule has 1 saturated heterocycles. The Morgan fingerprint density at radius 1 is 0.848 bits per heavy atom. The Morgan fingerprint density at radius 3 is 2.30 bits per heavy atom. The second-order valence-corrected chi connectivity index (χ2v) is 7.43. The molecule has 5 rings (SSSR count). The van der Waals surface area contributed by atoms with Crippen molar-refractivity contribution in [2.75, 3.05) is 55.9 Å². The van der Waals surface area contributed by atoms with Crippen LogP contribution in [0.4, 0.5) is 17.7 Å². The summed E-state index contributed by atoms with van der Waals surface area (Å²) in [7, 11) is 3.20. The summed E-state index contributed by atoms with van der Waals surface area (Å²) in [6, 6.07) is 7.42. The van der Waals surface area contributed by atoms with Gasteiger partial charge in [-0.15, -0.1) is 0 Å². The highest BCUT2D eigenvalue weighted by Crippen LogP contribution is 2.32. The van der Waals surface area contributed by atoms with Gasteiger partial charge in [0.2, 0.25) is 11.9 Å². The number of methoxy groups -OCH3 is 2. The minimum absolute atomic E-state index is 0.166. The van der Waals surface area contributed by atoms with Gasteiger partial charge in [-0.3, -0.25) is 0 Å². The molecule has 11 heteroatoms. The van der Waals surface area contributed by atoms with Gasteiger partial charge in [0.05, 0.1) is 26.1 Å². The van der Waals surface area contributed by atoms with Gasteiger partial charge in [0, 0.05) is 44.1 Å². The topological polar surface area (TPSA) is 128 Å². The van der Waals surface area contributed by atoms with Gasteiger partial charge in [-0.25, -0.2) is 19.9 Å². The molecule has 0 amide bonds. The first-order valence-electron chi connectivity index (χ1n) is 10.5. The Bertz CT molecular complexity index is 1280. The van der Waals surface area contributed by atoms with Crippen LogP contribution in [0.1, 0.15) is 0 Å². The van der Waals surface area contributed by atoms with Crippen molar-refractivity contribution in [1.29, 1.82) is 0 Å². The molecule has 1 aliphatic rings. The lowest BCUT2D eigenvalue weighted by molar-refractivity contribution is 0.355. The van der Waals surface area contributed by atoms with Gasteiger partial charge < -0.3 is 25.0 Å². The first-order chi connectivity index (χ1) is 16.2. The predicted molar refractivity (Wildman–Crippen MR) is 125 cm³/mol. The number of fused-ring (bicyclic) bond motifs is 1. The fraction of sp³-hybridized carbons (Fsp3) is 0.273. The summed E-state index contributed by atoms with van der Waals surface area (Å²) in [5.74, 6) is 2.82. The molecule has 0 saturated carbocycles. The Labute approximate surface area is 190 Å². The second kappa shape index (κ2) is 8.69. The summed E-state index contributed by atoms with van der Waals surface area (Å²) in [6.45, 7) is 2.93. The van der Waals surface area contributed by atoms with Gasteiger partial charge in [-0.1, -0.05) is 0 Å². The maximum absolute atomic E-state index is 5.99. The molecule has 3 aromatic heterocycles. The zero-order chi connectivity index (χ0) is 22.8. The Morgan fingerprint density at radius 2 is 1.58 bits per heavy atom. The fourth-order valence-corrected chi connectivity index (χ4v) is 3.84. The SMILES string of the molecule is COc1ccc(-c2cnc3nc(N)nc(N4CCN(c5ncccn5)CC4)c3n2)cc1OC. The van der Waals surface area contributed by atoms with E-state index in [1.165, 1.54) is 0 Å². The summed E-state index contributed by atoms with van der Waals surface area (Å²) < 4.78 is 10.8. The van der Waals surface area contributed by atoms with E-state index in [-0.39, 0.29) is 5.95 Å². The van der Waals surface area contributed by atoms with Crippen molar-refractivity contribution in [3.8, 4) is 22.8 Å². The Hall–Kier alpha value is -4.28. The third kappa shape index (κ3) is 4.00. The number of nitrogens with zero attached hydrogens (tertiary/aromatic N) is 8. The van der Waals surface area contributed by atoms with E-state index in [4.69, 9.17) is 20.2 Å². The highest BCUT2D eigenvalue weighted by atomic mass is 16.5. The van der Waals surface area contributed by atoms with Crippen LogP contribution >= 0.6 is 0 Å². The summed E-state index contributed by atoms with van der Waals surface area (Å²) in [5.41, 5.74) is 8.56. The number of hydrogen-bond acceptors (Lipinski definition) is 11. The molecule has 0 atom stereocenters. The van der Waals surface area contributed by atoms with Crippen molar-refractivity contribution in [2.24, 2.45) is 0 Å². The molecule has 4 aromatic rings. The van der Waals surface area contributed by atoms with Crippen molar-refractivity contribution in [3.63, 3.8) is 0 Å². The number of hydrogen-bond donors (Lipinski definition) is 1. The number of benzene rings is 1. The van der Waals surface area contributed by atoms with Crippen LogP contribution in [0.3, 0.4) is 0 Å². The van der Waals surface area contributed by atoms with Crippen LogP contribution in [0.5, 0.6) is 11.5 Å². The van der Waals surface area contributed by atoms with Gasteiger partial charge in [-0.2, -0.15) is 9.97 Å². The summed E-state index contributed by atoms with van der Waals surface area (Å²) in [5, 5.41) is 0. The van der Waals surface area contributed by atoms with E-state index in [9.17, 15) is 0 Å². The minimum Gasteiger partial charge on any atom is -0.493 e. The molecule has 2 N–H and O–H groups in total. The average molecular weight is 445 g/mol. The van der Waals surface area contributed by atoms with Crippen molar-refractivity contribution >= 4 is 28.9 Å². The summed E-state index contributed by atoms with van der Waals surface area (Å²) in [4.78, 5) is 31.1. The van der Waals surface area contributed by atoms with Crippen LogP contribution < -0.4 is 25.0 Å². The van der Waals surface area contributed by atoms with E-state index in [1.54, 1.807) is 32.8 Å². The first-order valence-corrected chi connectivity index (χ1v) is 10.5. The predicted octanol–water partition coefficient (Wildman–Crippen LogP) is 1.80. The maximum atomic E-state index is 5.99. The molecular formula is C22H23N9O2. The van der Waals surface area contributed by atoms with Crippen LogP contribution in [-0.4, -0.2) is 70.3 Å². The molecule has 1 aliphatic heterocycles. The average Bonchev–Trinajstić information content (AvgIpc) is 2.88. The monoisotopic (exact) mass is 445 g/mol. The fourth-order valence-electron chi connectivity index (χ4n) is 3.84. The zero-order valence-electron chi connectivity index (χ0n) is 18.3. The van der Waals surface area contributed by atoms with Crippen molar-refractivity contribution in [2.45, 2.75) is 0 Å². The van der Waals surface area contributed by atoms with Crippen molar-refractivity contribution in [1.82, 2.24) is 29.9 Å². The number of ether oxygens (including phenoxy) is 2. The molecule has 1 aromatic carbocycles. The Kier molecular flexibility index (Phi) is 5.43. The quantitative estimate of drug-likeness (QED) is 0.483. The lowest BCUT2D eigenvalue weighted by Crippen LogP contribution is -2.47. The number of nitrogen functional groups attached to an aromatic ring is 1. The van der Waals surface area contributed by atoms with Crippen LogP contribution in [0.25, 0.3) is 22.4 Å². The van der Waals surface area contributed by atoms with Crippen LogP contribution in [0.2, 0.25) is 0 Å². The summed E-state index contributed by atoms with van der Waals surface area (Å²) >= 11 is 0. The number of rotatable bonds is 5. The van der Waals surface area contributed by atoms with E-state index in [0.717, 1.165) is 24.6 Å². The van der Waals surface area contributed by atoms with E-state index < -0.39 is 0 Å². The molecule has 0 unspecified atom stereocenters. The van der Waals surface area contributed by atoms with Gasteiger partial charge in [0.15, 0.2) is 28.5 Å². The number of piperazine rings is 1. The lowest BCUT2D eigenvalue weighted by Gasteiger charge is -2.35. The molecular weight excluding hydrogens is 422 g/mol. The van der Waals surface area contributed by atoms with E-state index in [2.05, 4.69) is 34.7 Å². The van der Waals surface area contributed by atoms with Gasteiger partial charge >= 0.3 is 0 Å². The van der Waals surface area contributed by atoms with Crippen LogP contribution in [0.15, 0.2) is 42.9 Å². The molecule has 0 radical (unpaired) electrons. The Balaban J connectivity index is 1.48. The molecule has 0 bridgehead atoms. The molecule has 1 fully saturated rings. The minimum atomic E-state index is 0.166. The van der Waals surface area contributed by atoms with Gasteiger partial charge in [0.1, 0.15) is 0 Å². The zero-order valence-corrected chi connectivity index (χ0v) is 18.3.